The predicted molar refractivity (Wildman–Crippen MR) is 41.5 cm³/mol. The molecule has 1 atom stereocenters. The van der Waals surface area contributed by atoms with Crippen LogP contribution in [-0.2, 0) is 9.59 Å². The fourth-order valence-corrected chi connectivity index (χ4v) is 1.85. The molecule has 0 aromatic heterocycles. The van der Waals surface area contributed by atoms with Crippen LogP contribution in [0.4, 0.5) is 0 Å². The normalized spacial score (nSPS) is 24.0. The molecule has 1 heterocycles. The molecular formula is C6H9NO3S. The number of carbonyl (C=O) groups excluding carboxylic acids is 1. The van der Waals surface area contributed by atoms with Crippen molar-refractivity contribution >= 4 is 22.8 Å². The number of thioether (sulfide) groups is 1. The third-order valence-corrected chi connectivity index (χ3v) is 2.44. The lowest BCUT2D eigenvalue weighted by Crippen LogP contribution is -2.35. The van der Waals surface area contributed by atoms with Gasteiger partial charge in [-0.05, 0) is 6.42 Å². The summed E-state index contributed by atoms with van der Waals surface area (Å²) in [5.41, 5.74) is 0. The van der Waals surface area contributed by atoms with Crippen LogP contribution in [0.25, 0.3) is 0 Å². The molecule has 0 radical (unpaired) electrons. The molecule has 11 heavy (non-hydrogen) atoms. The molecule has 2 N–H and O–H groups in total. The van der Waals surface area contributed by atoms with E-state index in [1.165, 1.54) is 11.8 Å². The van der Waals surface area contributed by atoms with Crippen LogP contribution < -0.4 is 5.32 Å². The molecule has 1 rings (SSSR count). The van der Waals surface area contributed by atoms with Crippen molar-refractivity contribution in [1.82, 2.24) is 5.32 Å². The van der Waals surface area contributed by atoms with E-state index in [0.29, 0.717) is 0 Å². The zero-order chi connectivity index (χ0) is 8.27. The molecule has 0 aromatic carbocycles. The molecule has 0 saturated carbocycles. The van der Waals surface area contributed by atoms with Crippen molar-refractivity contribution in [3.05, 3.63) is 0 Å². The highest BCUT2D eigenvalue weighted by Crippen LogP contribution is 2.18. The van der Waals surface area contributed by atoms with Crippen molar-refractivity contribution in [1.29, 1.82) is 0 Å². The van der Waals surface area contributed by atoms with E-state index in [-0.39, 0.29) is 17.7 Å². The predicted octanol–water partition coefficient (Wildman–Crippen LogP) is -0.307. The molecule has 62 valence electrons. The Morgan fingerprint density at radius 1 is 1.82 bits per heavy atom. The fourth-order valence-electron chi connectivity index (χ4n) is 0.892. The molecule has 4 nitrogen and oxygen atoms in total. The van der Waals surface area contributed by atoms with Gasteiger partial charge in [-0.2, -0.15) is 0 Å². The van der Waals surface area contributed by atoms with Gasteiger partial charge in [0, 0.05) is 5.75 Å². The van der Waals surface area contributed by atoms with Gasteiger partial charge in [-0.1, -0.05) is 11.8 Å². The highest BCUT2D eigenvalue weighted by molar-refractivity contribution is 8.14. The minimum Gasteiger partial charge on any atom is -0.480 e. The Morgan fingerprint density at radius 3 is 3.00 bits per heavy atom. The minimum absolute atomic E-state index is 0.0613. The minimum atomic E-state index is -0.922. The zero-order valence-corrected chi connectivity index (χ0v) is 6.69. The van der Waals surface area contributed by atoms with Crippen LogP contribution in [0.1, 0.15) is 6.42 Å². The van der Waals surface area contributed by atoms with Gasteiger partial charge in [0.2, 0.25) is 5.12 Å². The van der Waals surface area contributed by atoms with Crippen LogP contribution in [0.5, 0.6) is 0 Å². The summed E-state index contributed by atoms with van der Waals surface area (Å²) < 4.78 is 0. The van der Waals surface area contributed by atoms with Gasteiger partial charge in [0.1, 0.15) is 0 Å². The van der Waals surface area contributed by atoms with Gasteiger partial charge in [0.25, 0.3) is 0 Å². The zero-order valence-electron chi connectivity index (χ0n) is 5.87. The van der Waals surface area contributed by atoms with Crippen LogP contribution in [0.15, 0.2) is 0 Å². The summed E-state index contributed by atoms with van der Waals surface area (Å²) in [4.78, 5) is 21.0. The number of carbonyl (C=O) groups is 2. The molecule has 1 fully saturated rings. The monoisotopic (exact) mass is 175 g/mol. The molecule has 1 saturated heterocycles. The summed E-state index contributed by atoms with van der Waals surface area (Å²) in [5.74, 6) is -0.120. The summed E-state index contributed by atoms with van der Waals surface area (Å²) in [5, 5.41) is 11.0. The van der Waals surface area contributed by atoms with Crippen molar-refractivity contribution in [3.63, 3.8) is 0 Å². The second kappa shape index (κ2) is 3.73. The average molecular weight is 175 g/mol. The van der Waals surface area contributed by atoms with Crippen LogP contribution in [0.2, 0.25) is 0 Å². The SMILES string of the molecule is O=C(O)CNC1CCSC1=O. The van der Waals surface area contributed by atoms with E-state index in [9.17, 15) is 9.59 Å². The molecule has 0 aliphatic carbocycles. The third-order valence-electron chi connectivity index (χ3n) is 1.44. The van der Waals surface area contributed by atoms with E-state index in [1.807, 2.05) is 0 Å². The van der Waals surface area contributed by atoms with Gasteiger partial charge < -0.3 is 5.11 Å². The summed E-state index contributed by atoms with van der Waals surface area (Å²) in [6.07, 6.45) is 0.747. The van der Waals surface area contributed by atoms with Crippen LogP contribution in [0.3, 0.4) is 0 Å². The lowest BCUT2D eigenvalue weighted by Gasteiger charge is -2.05. The standard InChI is InChI=1S/C6H9NO3S/c8-5(9)3-7-4-1-2-11-6(4)10/h4,7H,1-3H2,(H,8,9). The van der Waals surface area contributed by atoms with Crippen LogP contribution >= 0.6 is 11.8 Å². The van der Waals surface area contributed by atoms with Gasteiger partial charge in [-0.3, -0.25) is 14.9 Å². The lowest BCUT2D eigenvalue weighted by molar-refractivity contribution is -0.136. The molecule has 5 heteroatoms. The van der Waals surface area contributed by atoms with E-state index in [1.54, 1.807) is 0 Å². The highest BCUT2D eigenvalue weighted by Gasteiger charge is 2.24. The number of carboxylic acids is 1. The maximum Gasteiger partial charge on any atom is 0.317 e. The molecular weight excluding hydrogens is 166 g/mol. The molecule has 0 bridgehead atoms. The fraction of sp³-hybridized carbons (Fsp3) is 0.667. The van der Waals surface area contributed by atoms with E-state index in [4.69, 9.17) is 5.11 Å². The average Bonchev–Trinajstić information content (AvgIpc) is 2.31. The number of nitrogens with one attached hydrogen (secondary N) is 1. The largest absolute Gasteiger partial charge is 0.480 e. The first-order valence-corrected chi connectivity index (χ1v) is 4.30. The Kier molecular flexibility index (Phi) is 2.90. The Bertz CT molecular complexity index is 183. The van der Waals surface area contributed by atoms with Gasteiger partial charge in [0.05, 0.1) is 12.6 Å². The maximum atomic E-state index is 10.9. The smallest absolute Gasteiger partial charge is 0.317 e. The number of aliphatic carboxylic acids is 1. The molecule has 1 aliphatic heterocycles. The number of rotatable bonds is 3. The van der Waals surface area contributed by atoms with Gasteiger partial charge >= 0.3 is 5.97 Å². The van der Waals surface area contributed by atoms with Crippen LogP contribution in [-0.4, -0.2) is 34.5 Å². The molecule has 1 unspecified atom stereocenters. The van der Waals surface area contributed by atoms with Crippen molar-refractivity contribution in [2.75, 3.05) is 12.3 Å². The van der Waals surface area contributed by atoms with Crippen molar-refractivity contribution in [3.8, 4) is 0 Å². The van der Waals surface area contributed by atoms with Crippen LogP contribution in [0, 0.1) is 0 Å². The lowest BCUT2D eigenvalue weighted by atomic mass is 10.2. The van der Waals surface area contributed by atoms with E-state index in [0.717, 1.165) is 12.2 Å². The molecule has 0 aromatic rings. The van der Waals surface area contributed by atoms with Crippen molar-refractivity contribution in [2.24, 2.45) is 0 Å². The number of hydrogen-bond donors (Lipinski definition) is 2. The molecule has 1 aliphatic rings. The second-order valence-electron chi connectivity index (χ2n) is 2.28. The summed E-state index contributed by atoms with van der Waals surface area (Å²) >= 11 is 1.26. The highest BCUT2D eigenvalue weighted by atomic mass is 32.2. The van der Waals surface area contributed by atoms with E-state index < -0.39 is 5.97 Å². The van der Waals surface area contributed by atoms with Crippen molar-refractivity contribution in [2.45, 2.75) is 12.5 Å². The third kappa shape index (κ3) is 2.51. The van der Waals surface area contributed by atoms with Gasteiger partial charge in [-0.25, -0.2) is 0 Å². The molecule has 0 amide bonds. The van der Waals surface area contributed by atoms with E-state index in [2.05, 4.69) is 5.32 Å². The topological polar surface area (TPSA) is 66.4 Å². The Morgan fingerprint density at radius 2 is 2.55 bits per heavy atom. The Balaban J connectivity index is 2.26. The van der Waals surface area contributed by atoms with Gasteiger partial charge in [0.15, 0.2) is 0 Å². The first kappa shape index (κ1) is 8.55. The Hall–Kier alpha value is -0.550. The second-order valence-corrected chi connectivity index (χ2v) is 3.38. The summed E-state index contributed by atoms with van der Waals surface area (Å²) in [6.45, 7) is -0.128. The first-order chi connectivity index (χ1) is 5.20. The number of carboxylic acid groups (broad SMARTS) is 1. The van der Waals surface area contributed by atoms with Crippen molar-refractivity contribution < 1.29 is 14.7 Å². The summed E-state index contributed by atoms with van der Waals surface area (Å²) in [7, 11) is 0. The quantitative estimate of drug-likeness (QED) is 0.616. The van der Waals surface area contributed by atoms with Gasteiger partial charge in [-0.15, -0.1) is 0 Å². The first-order valence-electron chi connectivity index (χ1n) is 3.32. The maximum absolute atomic E-state index is 10.9. The van der Waals surface area contributed by atoms with E-state index >= 15 is 0 Å². The Labute approximate surface area is 68.3 Å². The number of hydrogen-bond acceptors (Lipinski definition) is 4. The summed E-state index contributed by atoms with van der Waals surface area (Å²) in [6, 6.07) is -0.240. The molecule has 0 spiro atoms.